The fourth-order valence-electron chi connectivity index (χ4n) is 2.52. The van der Waals surface area contributed by atoms with E-state index in [2.05, 4.69) is 0 Å². The first-order valence-corrected chi connectivity index (χ1v) is 7.59. The molecule has 0 heterocycles. The predicted octanol–water partition coefficient (Wildman–Crippen LogP) is 3.36. The minimum absolute atomic E-state index is 0.0195. The normalized spacial score (nSPS) is 17.0. The summed E-state index contributed by atoms with van der Waals surface area (Å²) in [4.78, 5) is 23.7. The lowest BCUT2D eigenvalue weighted by Gasteiger charge is -2.22. The molecule has 4 nitrogen and oxygen atoms in total. The lowest BCUT2D eigenvalue weighted by atomic mass is 9.89. The number of carbonyl (C=O) groups excluding carboxylic acids is 2. The summed E-state index contributed by atoms with van der Waals surface area (Å²) < 4.78 is 10.5. The van der Waals surface area contributed by atoms with Gasteiger partial charge in [-0.05, 0) is 31.9 Å². The molecule has 1 aliphatic rings. The number of hydrogen-bond donors (Lipinski definition) is 0. The molecule has 0 aliphatic heterocycles. The molecule has 0 bridgehead atoms. The summed E-state index contributed by atoms with van der Waals surface area (Å²) in [6.45, 7) is 1.84. The van der Waals surface area contributed by atoms with E-state index in [9.17, 15) is 9.59 Å². The molecule has 0 saturated heterocycles. The third kappa shape index (κ3) is 4.88. The number of esters is 2. The van der Waals surface area contributed by atoms with Gasteiger partial charge < -0.3 is 9.47 Å². The highest BCUT2D eigenvalue weighted by atomic mass is 16.6. The number of carbonyl (C=O) groups is 2. The molecule has 0 spiro atoms. The Morgan fingerprint density at radius 2 is 1.81 bits per heavy atom. The summed E-state index contributed by atoms with van der Waals surface area (Å²) in [5, 5.41) is 0. The van der Waals surface area contributed by atoms with Crippen molar-refractivity contribution >= 4 is 11.9 Å². The van der Waals surface area contributed by atoms with Crippen molar-refractivity contribution in [3.05, 3.63) is 35.9 Å². The lowest BCUT2D eigenvalue weighted by Crippen LogP contribution is -2.27. The van der Waals surface area contributed by atoms with Gasteiger partial charge in [0.2, 0.25) is 0 Å². The lowest BCUT2D eigenvalue weighted by molar-refractivity contribution is -0.156. The Kier molecular flexibility index (Phi) is 5.78. The zero-order valence-corrected chi connectivity index (χ0v) is 12.4. The third-order valence-electron chi connectivity index (χ3n) is 3.71. The average Bonchev–Trinajstić information content (AvgIpc) is 2.54. The van der Waals surface area contributed by atoms with Crippen LogP contribution in [0.2, 0.25) is 0 Å². The van der Waals surface area contributed by atoms with Gasteiger partial charge in [0.1, 0.15) is 12.7 Å². The Bertz CT molecular complexity index is 463. The van der Waals surface area contributed by atoms with Crippen LogP contribution in [0.5, 0.6) is 0 Å². The molecule has 21 heavy (non-hydrogen) atoms. The highest BCUT2D eigenvalue weighted by Crippen LogP contribution is 2.25. The van der Waals surface area contributed by atoms with E-state index in [0.29, 0.717) is 5.56 Å². The van der Waals surface area contributed by atoms with Gasteiger partial charge in [-0.2, -0.15) is 0 Å². The molecule has 4 heteroatoms. The summed E-state index contributed by atoms with van der Waals surface area (Å²) in [7, 11) is 0. The molecule has 1 fully saturated rings. The molecule has 0 radical (unpaired) electrons. The zero-order chi connectivity index (χ0) is 15.1. The molecule has 0 amide bonds. The molecule has 1 aromatic carbocycles. The fraction of sp³-hybridized carbons (Fsp3) is 0.529. The van der Waals surface area contributed by atoms with E-state index < -0.39 is 12.1 Å². The number of benzene rings is 1. The molecular formula is C17H22O4. The maximum Gasteiger partial charge on any atom is 0.338 e. The molecule has 2 rings (SSSR count). The monoisotopic (exact) mass is 290 g/mol. The first-order valence-electron chi connectivity index (χ1n) is 7.59. The molecule has 0 N–H and O–H groups in total. The van der Waals surface area contributed by atoms with Crippen molar-refractivity contribution in [3.8, 4) is 0 Å². The van der Waals surface area contributed by atoms with Crippen molar-refractivity contribution in [1.82, 2.24) is 0 Å². The first-order chi connectivity index (χ1) is 10.2. The second-order valence-electron chi connectivity index (χ2n) is 5.55. The van der Waals surface area contributed by atoms with E-state index >= 15 is 0 Å². The molecule has 114 valence electrons. The van der Waals surface area contributed by atoms with Gasteiger partial charge in [0.05, 0.1) is 11.5 Å². The maximum atomic E-state index is 12.0. The van der Waals surface area contributed by atoms with Crippen molar-refractivity contribution in [2.45, 2.75) is 45.1 Å². The van der Waals surface area contributed by atoms with Crippen LogP contribution < -0.4 is 0 Å². The summed E-state index contributed by atoms with van der Waals surface area (Å²) >= 11 is 0. The van der Waals surface area contributed by atoms with Crippen LogP contribution in [-0.2, 0) is 14.3 Å². The zero-order valence-electron chi connectivity index (χ0n) is 12.4. The Morgan fingerprint density at radius 1 is 1.14 bits per heavy atom. The largest absolute Gasteiger partial charge is 0.459 e. The minimum atomic E-state index is -0.410. The smallest absolute Gasteiger partial charge is 0.338 e. The van der Waals surface area contributed by atoms with Gasteiger partial charge in [0, 0.05) is 0 Å². The van der Waals surface area contributed by atoms with Gasteiger partial charge in [0.15, 0.2) is 0 Å². The molecule has 1 atom stereocenters. The molecule has 1 aliphatic carbocycles. The van der Waals surface area contributed by atoms with Crippen LogP contribution in [0.3, 0.4) is 0 Å². The average molecular weight is 290 g/mol. The fourth-order valence-corrected chi connectivity index (χ4v) is 2.52. The summed E-state index contributed by atoms with van der Waals surface area (Å²) in [5.74, 6) is -0.528. The van der Waals surface area contributed by atoms with Crippen molar-refractivity contribution in [2.75, 3.05) is 6.61 Å². The van der Waals surface area contributed by atoms with Gasteiger partial charge in [-0.1, -0.05) is 37.5 Å². The van der Waals surface area contributed by atoms with Gasteiger partial charge in [0.25, 0.3) is 0 Å². The Balaban J connectivity index is 1.73. The summed E-state index contributed by atoms with van der Waals surface area (Å²) in [6.07, 6.45) is 4.81. The van der Waals surface area contributed by atoms with E-state index in [-0.39, 0.29) is 18.5 Å². The standard InChI is InChI=1S/C17H22O4/c1-13(21-17(19)15-10-6-3-7-11-15)12-20-16(18)14-8-4-2-5-9-14/h2,4-5,8-9,13,15H,3,6-7,10-12H2,1H3/t13-/m0/s1. The van der Waals surface area contributed by atoms with Crippen molar-refractivity contribution in [1.29, 1.82) is 0 Å². The summed E-state index contributed by atoms with van der Waals surface area (Å²) in [5.41, 5.74) is 0.503. The Labute approximate surface area is 125 Å². The third-order valence-corrected chi connectivity index (χ3v) is 3.71. The number of rotatable bonds is 5. The van der Waals surface area contributed by atoms with Gasteiger partial charge in [-0.3, -0.25) is 4.79 Å². The molecular weight excluding hydrogens is 268 g/mol. The minimum Gasteiger partial charge on any atom is -0.459 e. The second kappa shape index (κ2) is 7.81. The van der Waals surface area contributed by atoms with Crippen LogP contribution in [0.15, 0.2) is 30.3 Å². The van der Waals surface area contributed by atoms with Gasteiger partial charge in [-0.15, -0.1) is 0 Å². The van der Waals surface area contributed by atoms with Crippen LogP contribution in [0, 0.1) is 5.92 Å². The van der Waals surface area contributed by atoms with E-state index in [0.717, 1.165) is 25.7 Å². The van der Waals surface area contributed by atoms with Gasteiger partial charge in [-0.25, -0.2) is 4.79 Å². The van der Waals surface area contributed by atoms with E-state index in [1.165, 1.54) is 6.42 Å². The predicted molar refractivity (Wildman–Crippen MR) is 78.9 cm³/mol. The molecule has 1 saturated carbocycles. The van der Waals surface area contributed by atoms with Gasteiger partial charge >= 0.3 is 11.9 Å². The highest BCUT2D eigenvalue weighted by molar-refractivity contribution is 5.89. The SMILES string of the molecule is C[C@@H](COC(=O)c1ccccc1)OC(=O)C1CCCCC1. The topological polar surface area (TPSA) is 52.6 Å². The Morgan fingerprint density at radius 3 is 2.48 bits per heavy atom. The second-order valence-corrected chi connectivity index (χ2v) is 5.55. The first kappa shape index (κ1) is 15.5. The van der Waals surface area contributed by atoms with Crippen LogP contribution in [-0.4, -0.2) is 24.6 Å². The van der Waals surface area contributed by atoms with Crippen LogP contribution >= 0.6 is 0 Å². The van der Waals surface area contributed by atoms with Crippen molar-refractivity contribution in [2.24, 2.45) is 5.92 Å². The van der Waals surface area contributed by atoms with E-state index in [1.807, 2.05) is 6.07 Å². The molecule has 0 aromatic heterocycles. The number of ether oxygens (including phenoxy) is 2. The maximum absolute atomic E-state index is 12.0. The van der Waals surface area contributed by atoms with Crippen LogP contribution in [0.4, 0.5) is 0 Å². The van der Waals surface area contributed by atoms with E-state index in [1.54, 1.807) is 31.2 Å². The Hall–Kier alpha value is -1.84. The van der Waals surface area contributed by atoms with Crippen LogP contribution in [0.25, 0.3) is 0 Å². The van der Waals surface area contributed by atoms with E-state index in [4.69, 9.17) is 9.47 Å². The quantitative estimate of drug-likeness (QED) is 0.780. The van der Waals surface area contributed by atoms with Crippen molar-refractivity contribution < 1.29 is 19.1 Å². The molecule has 0 unspecified atom stereocenters. The van der Waals surface area contributed by atoms with Crippen LogP contribution in [0.1, 0.15) is 49.4 Å². The number of hydrogen-bond acceptors (Lipinski definition) is 4. The molecule has 1 aromatic rings. The summed E-state index contributed by atoms with van der Waals surface area (Å²) in [6, 6.07) is 8.79. The van der Waals surface area contributed by atoms with Crippen molar-refractivity contribution in [3.63, 3.8) is 0 Å². The highest BCUT2D eigenvalue weighted by Gasteiger charge is 2.24.